The van der Waals surface area contributed by atoms with Crippen molar-refractivity contribution in [3.8, 4) is 23.0 Å². The van der Waals surface area contributed by atoms with Crippen LogP contribution < -0.4 is 24.9 Å². The standard InChI is InChI=1S/C24H21NO7/c1-15-24(32-20-5-3-4-18(12-20)29-2)23(26)21-11-10-19(13-22(21)31-15)30-14-16-6-8-17(9-7-16)25(27)28/h3-13,25,27H,14H2,1-2H3. The van der Waals surface area contributed by atoms with E-state index < -0.39 is 5.23 Å². The third-order valence-corrected chi connectivity index (χ3v) is 4.85. The van der Waals surface area contributed by atoms with Crippen molar-refractivity contribution < 1.29 is 29.1 Å². The van der Waals surface area contributed by atoms with E-state index in [1.54, 1.807) is 68.6 Å². The summed E-state index contributed by atoms with van der Waals surface area (Å²) in [5.41, 5.74) is 1.12. The lowest BCUT2D eigenvalue weighted by Crippen LogP contribution is -2.99. The fraction of sp³-hybridized carbons (Fsp3) is 0.125. The predicted molar refractivity (Wildman–Crippen MR) is 117 cm³/mol. The van der Waals surface area contributed by atoms with Crippen LogP contribution in [0.4, 0.5) is 5.69 Å². The van der Waals surface area contributed by atoms with Gasteiger partial charge in [-0.05, 0) is 48.9 Å². The van der Waals surface area contributed by atoms with Crippen molar-refractivity contribution >= 4 is 16.7 Å². The lowest BCUT2D eigenvalue weighted by molar-refractivity contribution is -0.991. The second-order valence-corrected chi connectivity index (χ2v) is 7.05. The van der Waals surface area contributed by atoms with Crippen LogP contribution in [0.2, 0.25) is 0 Å². The first kappa shape index (κ1) is 21.4. The molecule has 0 fully saturated rings. The minimum atomic E-state index is -0.979. The van der Waals surface area contributed by atoms with Gasteiger partial charge in [0.25, 0.3) is 0 Å². The summed E-state index contributed by atoms with van der Waals surface area (Å²) in [5, 5.41) is 19.3. The number of nitrogens with one attached hydrogen (secondary N) is 1. The van der Waals surface area contributed by atoms with Crippen LogP contribution in [0.15, 0.2) is 75.9 Å². The first-order valence-electron chi connectivity index (χ1n) is 9.79. The van der Waals surface area contributed by atoms with E-state index in [-0.39, 0.29) is 23.5 Å². The summed E-state index contributed by atoms with van der Waals surface area (Å²) in [6, 6.07) is 18.3. The van der Waals surface area contributed by atoms with E-state index in [4.69, 9.17) is 23.8 Å². The molecule has 0 bridgehead atoms. The number of fused-ring (bicyclic) bond motifs is 1. The second kappa shape index (κ2) is 9.11. The first-order valence-corrected chi connectivity index (χ1v) is 9.79. The summed E-state index contributed by atoms with van der Waals surface area (Å²) in [7, 11) is 1.56. The molecule has 1 atom stereocenters. The zero-order chi connectivity index (χ0) is 22.7. The fourth-order valence-corrected chi connectivity index (χ4v) is 3.17. The minimum Gasteiger partial charge on any atom is -0.595 e. The summed E-state index contributed by atoms with van der Waals surface area (Å²) >= 11 is 0. The SMILES string of the molecule is COc1cccc(Oc2c(C)oc3cc(OCc4ccc([NH+]([O-])O)cc4)ccc3c2=O)c1. The highest BCUT2D eigenvalue weighted by atomic mass is 16.8. The Balaban J connectivity index is 1.55. The molecule has 3 aromatic carbocycles. The van der Waals surface area contributed by atoms with E-state index in [0.717, 1.165) is 5.56 Å². The van der Waals surface area contributed by atoms with E-state index in [0.29, 0.717) is 34.0 Å². The zero-order valence-corrected chi connectivity index (χ0v) is 17.5. The van der Waals surface area contributed by atoms with Crippen LogP contribution in [-0.4, -0.2) is 12.3 Å². The van der Waals surface area contributed by atoms with Crippen molar-refractivity contribution in [1.29, 1.82) is 0 Å². The number of quaternary nitrogens is 1. The molecule has 1 aromatic heterocycles. The molecule has 0 amide bonds. The molecule has 0 aliphatic rings. The highest BCUT2D eigenvalue weighted by Crippen LogP contribution is 2.29. The average Bonchev–Trinajstić information content (AvgIpc) is 2.80. The van der Waals surface area contributed by atoms with Crippen LogP contribution in [0.3, 0.4) is 0 Å². The van der Waals surface area contributed by atoms with Gasteiger partial charge in [-0.2, -0.15) is 5.23 Å². The molecular weight excluding hydrogens is 414 g/mol. The summed E-state index contributed by atoms with van der Waals surface area (Å²) in [6.07, 6.45) is 0. The van der Waals surface area contributed by atoms with E-state index in [1.165, 1.54) is 12.1 Å². The van der Waals surface area contributed by atoms with Crippen molar-refractivity contribution in [3.63, 3.8) is 0 Å². The molecule has 8 heteroatoms. The zero-order valence-electron chi connectivity index (χ0n) is 17.5. The lowest BCUT2D eigenvalue weighted by atomic mass is 10.2. The predicted octanol–water partition coefficient (Wildman–Crippen LogP) is 3.88. The molecule has 0 saturated carbocycles. The largest absolute Gasteiger partial charge is 0.595 e. The molecule has 4 aromatic rings. The molecular formula is C24H21NO7. The number of methoxy groups -OCH3 is 1. The number of rotatable bonds is 7. The van der Waals surface area contributed by atoms with Gasteiger partial charge in [-0.1, -0.05) is 6.07 Å². The fourth-order valence-electron chi connectivity index (χ4n) is 3.17. The van der Waals surface area contributed by atoms with E-state index in [2.05, 4.69) is 0 Å². The molecule has 2 N–H and O–H groups in total. The van der Waals surface area contributed by atoms with Gasteiger partial charge in [-0.25, -0.2) is 5.21 Å². The van der Waals surface area contributed by atoms with E-state index in [9.17, 15) is 10.0 Å². The van der Waals surface area contributed by atoms with Gasteiger partial charge in [0.05, 0.1) is 12.5 Å². The Bertz CT molecular complexity index is 1300. The molecule has 1 heterocycles. The molecule has 0 saturated heterocycles. The van der Waals surface area contributed by atoms with Gasteiger partial charge in [0.1, 0.15) is 35.2 Å². The van der Waals surface area contributed by atoms with Gasteiger partial charge in [-0.3, -0.25) is 4.79 Å². The summed E-state index contributed by atoms with van der Waals surface area (Å²) in [4.78, 5) is 13.0. The Morgan fingerprint density at radius 1 is 1.00 bits per heavy atom. The van der Waals surface area contributed by atoms with Crippen molar-refractivity contribution in [2.45, 2.75) is 13.5 Å². The van der Waals surface area contributed by atoms with Gasteiger partial charge in [0, 0.05) is 24.3 Å². The number of hydrogen-bond acceptors (Lipinski definition) is 7. The summed E-state index contributed by atoms with van der Waals surface area (Å²) < 4.78 is 22.6. The molecule has 4 rings (SSSR count). The van der Waals surface area contributed by atoms with Gasteiger partial charge >= 0.3 is 0 Å². The molecule has 0 spiro atoms. The van der Waals surface area contributed by atoms with Gasteiger partial charge in [0.2, 0.25) is 11.2 Å². The third-order valence-electron chi connectivity index (χ3n) is 4.85. The van der Waals surface area contributed by atoms with Gasteiger partial charge < -0.3 is 23.8 Å². The Hall–Kier alpha value is -3.85. The van der Waals surface area contributed by atoms with Crippen LogP contribution >= 0.6 is 0 Å². The summed E-state index contributed by atoms with van der Waals surface area (Å²) in [6.45, 7) is 1.90. The average molecular weight is 435 g/mol. The second-order valence-electron chi connectivity index (χ2n) is 7.05. The van der Waals surface area contributed by atoms with Gasteiger partial charge in [-0.15, -0.1) is 0 Å². The molecule has 0 radical (unpaired) electrons. The summed E-state index contributed by atoms with van der Waals surface area (Å²) in [5.74, 6) is 2.05. The molecule has 164 valence electrons. The highest BCUT2D eigenvalue weighted by Gasteiger charge is 2.15. The van der Waals surface area contributed by atoms with Crippen molar-refractivity contribution in [2.75, 3.05) is 7.11 Å². The lowest BCUT2D eigenvalue weighted by Gasteiger charge is -2.12. The topological polar surface area (TPSA) is 106 Å². The van der Waals surface area contributed by atoms with Crippen LogP contribution in [0, 0.1) is 12.1 Å². The highest BCUT2D eigenvalue weighted by molar-refractivity contribution is 5.79. The van der Waals surface area contributed by atoms with Crippen LogP contribution in [0.1, 0.15) is 11.3 Å². The Morgan fingerprint density at radius 2 is 1.75 bits per heavy atom. The number of ether oxygens (including phenoxy) is 3. The maximum Gasteiger partial charge on any atom is 0.235 e. The molecule has 32 heavy (non-hydrogen) atoms. The molecule has 0 aliphatic heterocycles. The van der Waals surface area contributed by atoms with Crippen molar-refractivity contribution in [3.05, 3.63) is 93.5 Å². The Kier molecular flexibility index (Phi) is 6.09. The van der Waals surface area contributed by atoms with Gasteiger partial charge in [0.15, 0.2) is 5.69 Å². The quantitative estimate of drug-likeness (QED) is 0.424. The van der Waals surface area contributed by atoms with E-state index in [1.807, 2.05) is 0 Å². The number of benzene rings is 3. The molecule has 0 aliphatic carbocycles. The number of aryl methyl sites for hydroxylation is 1. The first-order chi connectivity index (χ1) is 15.4. The Morgan fingerprint density at radius 3 is 2.47 bits per heavy atom. The van der Waals surface area contributed by atoms with Crippen molar-refractivity contribution in [2.24, 2.45) is 0 Å². The minimum absolute atomic E-state index is 0.109. The van der Waals surface area contributed by atoms with Crippen LogP contribution in [-0.2, 0) is 6.61 Å². The molecule has 1 unspecified atom stereocenters. The molecule has 8 nitrogen and oxygen atoms in total. The number of hydrogen-bond donors (Lipinski definition) is 2. The van der Waals surface area contributed by atoms with Crippen LogP contribution in [0.25, 0.3) is 11.0 Å². The smallest absolute Gasteiger partial charge is 0.235 e. The maximum atomic E-state index is 13.0. The normalized spacial score (nSPS) is 11.9. The maximum absolute atomic E-state index is 13.0. The Labute approximate surface area is 183 Å². The monoisotopic (exact) mass is 435 g/mol. The van der Waals surface area contributed by atoms with Crippen LogP contribution in [0.5, 0.6) is 23.0 Å². The third kappa shape index (κ3) is 4.57. The van der Waals surface area contributed by atoms with Crippen molar-refractivity contribution in [1.82, 2.24) is 0 Å². The van der Waals surface area contributed by atoms with E-state index >= 15 is 0 Å².